The molecule has 2 aromatic rings. The summed E-state index contributed by atoms with van der Waals surface area (Å²) in [6, 6.07) is 12.1. The van der Waals surface area contributed by atoms with Gasteiger partial charge in [0, 0.05) is 0 Å². The van der Waals surface area contributed by atoms with Crippen molar-refractivity contribution in [3.8, 4) is 5.75 Å². The fraction of sp³-hybridized carbons (Fsp3) is 0.316. The number of methoxy groups -OCH3 is 1. The largest absolute Gasteiger partial charge is 0.491 e. The van der Waals surface area contributed by atoms with Gasteiger partial charge in [-0.3, -0.25) is 4.31 Å². The smallest absolute Gasteiger partial charge is 0.337 e. The molecule has 0 atom stereocenters. The Morgan fingerprint density at radius 2 is 1.62 bits per heavy atom. The molecule has 0 unspecified atom stereocenters. The van der Waals surface area contributed by atoms with Gasteiger partial charge in [0.1, 0.15) is 12.4 Å². The van der Waals surface area contributed by atoms with Crippen LogP contribution in [0, 0.1) is 13.8 Å². The van der Waals surface area contributed by atoms with E-state index in [2.05, 4.69) is 4.74 Å². The molecule has 0 radical (unpaired) electrons. The Kier molecular flexibility index (Phi) is 6.26. The van der Waals surface area contributed by atoms with Gasteiger partial charge in [-0.2, -0.15) is 0 Å². The van der Waals surface area contributed by atoms with Crippen LogP contribution in [0.25, 0.3) is 0 Å². The third-order valence-electron chi connectivity index (χ3n) is 3.93. The van der Waals surface area contributed by atoms with Crippen LogP contribution < -0.4 is 9.04 Å². The van der Waals surface area contributed by atoms with E-state index < -0.39 is 16.0 Å². The number of ether oxygens (including phenoxy) is 2. The van der Waals surface area contributed by atoms with Crippen LogP contribution in [0.15, 0.2) is 42.5 Å². The number of carbonyl (C=O) groups excluding carboxylic acids is 1. The van der Waals surface area contributed by atoms with Crippen molar-refractivity contribution in [3.63, 3.8) is 0 Å². The van der Waals surface area contributed by atoms with Crippen LogP contribution in [0.1, 0.15) is 21.5 Å². The second-order valence-electron chi connectivity index (χ2n) is 5.94. The molecule has 26 heavy (non-hydrogen) atoms. The third kappa shape index (κ3) is 4.76. The van der Waals surface area contributed by atoms with Crippen molar-refractivity contribution < 1.29 is 22.7 Å². The molecule has 7 heteroatoms. The van der Waals surface area contributed by atoms with Gasteiger partial charge in [0.25, 0.3) is 0 Å². The molecular formula is C19H23NO5S. The lowest BCUT2D eigenvalue weighted by Crippen LogP contribution is -2.33. The van der Waals surface area contributed by atoms with Gasteiger partial charge in [-0.1, -0.05) is 18.2 Å². The third-order valence-corrected chi connectivity index (χ3v) is 5.12. The minimum atomic E-state index is -3.49. The Hall–Kier alpha value is -2.54. The number of hydrogen-bond donors (Lipinski definition) is 0. The molecule has 0 amide bonds. The highest BCUT2D eigenvalue weighted by molar-refractivity contribution is 7.92. The van der Waals surface area contributed by atoms with E-state index in [1.807, 2.05) is 32.0 Å². The first-order valence-electron chi connectivity index (χ1n) is 8.09. The second kappa shape index (κ2) is 8.23. The number of aryl methyl sites for hydroxylation is 2. The molecule has 0 saturated heterocycles. The maximum absolute atomic E-state index is 12.2. The van der Waals surface area contributed by atoms with Crippen molar-refractivity contribution in [1.82, 2.24) is 0 Å². The Labute approximate surface area is 154 Å². The lowest BCUT2D eigenvalue weighted by Gasteiger charge is -2.23. The zero-order valence-corrected chi connectivity index (χ0v) is 16.2. The summed E-state index contributed by atoms with van der Waals surface area (Å²) in [7, 11) is -2.20. The zero-order valence-electron chi connectivity index (χ0n) is 15.4. The van der Waals surface area contributed by atoms with Gasteiger partial charge in [0.15, 0.2) is 0 Å². The van der Waals surface area contributed by atoms with Crippen LogP contribution in [-0.2, 0) is 14.8 Å². The summed E-state index contributed by atoms with van der Waals surface area (Å²) in [6.07, 6.45) is 1.14. The molecule has 0 fully saturated rings. The number of hydrogen-bond acceptors (Lipinski definition) is 5. The first-order valence-corrected chi connectivity index (χ1v) is 9.94. The number of rotatable bonds is 7. The fourth-order valence-corrected chi connectivity index (χ4v) is 3.54. The Balaban J connectivity index is 2.15. The van der Waals surface area contributed by atoms with E-state index >= 15 is 0 Å². The van der Waals surface area contributed by atoms with Gasteiger partial charge in [0.05, 0.1) is 31.2 Å². The van der Waals surface area contributed by atoms with Crippen molar-refractivity contribution in [3.05, 3.63) is 59.2 Å². The first kappa shape index (κ1) is 19.8. The summed E-state index contributed by atoms with van der Waals surface area (Å²) in [5.74, 6) is 0.294. The molecule has 2 rings (SSSR count). The van der Waals surface area contributed by atoms with Gasteiger partial charge in [-0.15, -0.1) is 0 Å². The molecule has 0 heterocycles. The Bertz CT molecular complexity index is 855. The summed E-state index contributed by atoms with van der Waals surface area (Å²) in [5.41, 5.74) is 2.82. The van der Waals surface area contributed by atoms with Gasteiger partial charge >= 0.3 is 5.97 Å². The van der Waals surface area contributed by atoms with Crippen molar-refractivity contribution in [2.24, 2.45) is 0 Å². The lowest BCUT2D eigenvalue weighted by atomic mass is 10.1. The molecule has 140 valence electrons. The van der Waals surface area contributed by atoms with Crippen LogP contribution in [0.5, 0.6) is 5.75 Å². The predicted octanol–water partition coefficient (Wildman–Crippen LogP) is 2.94. The summed E-state index contributed by atoms with van der Waals surface area (Å²) in [6.45, 7) is 4.26. The van der Waals surface area contributed by atoms with Crippen LogP contribution in [0.4, 0.5) is 5.69 Å². The predicted molar refractivity (Wildman–Crippen MR) is 101 cm³/mol. The molecule has 0 spiro atoms. The number of nitrogens with zero attached hydrogens (tertiary/aromatic N) is 1. The normalized spacial score (nSPS) is 11.1. The maximum atomic E-state index is 12.2. The van der Waals surface area contributed by atoms with E-state index in [0.717, 1.165) is 23.1 Å². The van der Waals surface area contributed by atoms with Crippen LogP contribution in [0.2, 0.25) is 0 Å². The highest BCUT2D eigenvalue weighted by Crippen LogP contribution is 2.23. The van der Waals surface area contributed by atoms with E-state index in [-0.39, 0.29) is 13.2 Å². The highest BCUT2D eigenvalue weighted by Gasteiger charge is 2.18. The highest BCUT2D eigenvalue weighted by atomic mass is 32.2. The molecule has 0 aliphatic rings. The van der Waals surface area contributed by atoms with Gasteiger partial charge < -0.3 is 9.47 Å². The molecular weight excluding hydrogens is 354 g/mol. The standard InChI is InChI=1S/C19H23NO5S/c1-14-6-5-7-15(2)18(14)25-13-12-20(26(4,22)23)17-10-8-16(9-11-17)19(21)24-3/h5-11H,12-13H2,1-4H3. The SMILES string of the molecule is COC(=O)c1ccc(N(CCOc2c(C)cccc2C)S(C)(=O)=O)cc1. The van der Waals surface area contributed by atoms with E-state index in [1.54, 1.807) is 12.1 Å². The zero-order chi connectivity index (χ0) is 19.3. The van der Waals surface area contributed by atoms with Crippen molar-refractivity contribution in [2.75, 3.05) is 30.8 Å². The molecule has 2 aromatic carbocycles. The number of para-hydroxylation sites is 1. The number of sulfonamides is 1. The van der Waals surface area contributed by atoms with Crippen molar-refractivity contribution >= 4 is 21.7 Å². The van der Waals surface area contributed by atoms with Crippen LogP contribution in [-0.4, -0.2) is 40.9 Å². The number of carbonyl (C=O) groups is 1. The number of benzene rings is 2. The van der Waals surface area contributed by atoms with Crippen LogP contribution >= 0.6 is 0 Å². The molecule has 0 aliphatic carbocycles. The monoisotopic (exact) mass is 377 g/mol. The van der Waals surface area contributed by atoms with Gasteiger partial charge in [-0.25, -0.2) is 13.2 Å². The summed E-state index contributed by atoms with van der Waals surface area (Å²) < 4.78 is 36.0. The van der Waals surface area contributed by atoms with Crippen molar-refractivity contribution in [1.29, 1.82) is 0 Å². The number of esters is 1. The second-order valence-corrected chi connectivity index (χ2v) is 7.85. The quantitative estimate of drug-likeness (QED) is 0.694. The summed E-state index contributed by atoms with van der Waals surface area (Å²) in [4.78, 5) is 11.5. The molecule has 0 aliphatic heterocycles. The lowest BCUT2D eigenvalue weighted by molar-refractivity contribution is 0.0600. The van der Waals surface area contributed by atoms with Crippen LogP contribution in [0.3, 0.4) is 0 Å². The fourth-order valence-electron chi connectivity index (χ4n) is 2.63. The van der Waals surface area contributed by atoms with E-state index in [9.17, 15) is 13.2 Å². The molecule has 0 bridgehead atoms. The molecule has 0 N–H and O–H groups in total. The molecule has 0 aromatic heterocycles. The maximum Gasteiger partial charge on any atom is 0.337 e. The average Bonchev–Trinajstić information content (AvgIpc) is 2.59. The Morgan fingerprint density at radius 1 is 1.04 bits per heavy atom. The van der Waals surface area contributed by atoms with Gasteiger partial charge in [-0.05, 0) is 49.2 Å². The van der Waals surface area contributed by atoms with E-state index in [1.165, 1.54) is 23.5 Å². The van der Waals surface area contributed by atoms with E-state index in [4.69, 9.17) is 4.74 Å². The number of anilines is 1. The average molecular weight is 377 g/mol. The van der Waals surface area contributed by atoms with E-state index in [0.29, 0.717) is 11.3 Å². The molecule has 6 nitrogen and oxygen atoms in total. The molecule has 0 saturated carbocycles. The Morgan fingerprint density at radius 3 is 2.12 bits per heavy atom. The minimum absolute atomic E-state index is 0.157. The first-order chi connectivity index (χ1) is 12.2. The summed E-state index contributed by atoms with van der Waals surface area (Å²) in [5, 5.41) is 0. The van der Waals surface area contributed by atoms with Gasteiger partial charge in [0.2, 0.25) is 10.0 Å². The minimum Gasteiger partial charge on any atom is -0.491 e. The van der Waals surface area contributed by atoms with Crippen molar-refractivity contribution in [2.45, 2.75) is 13.8 Å². The topological polar surface area (TPSA) is 72.9 Å². The summed E-state index contributed by atoms with van der Waals surface area (Å²) >= 11 is 0.